The highest BCUT2D eigenvalue weighted by Gasteiger charge is 2.12. The molecule has 4 heteroatoms. The summed E-state index contributed by atoms with van der Waals surface area (Å²) >= 11 is 0. The van der Waals surface area contributed by atoms with Crippen molar-refractivity contribution < 1.29 is 9.53 Å². The third-order valence-electron chi connectivity index (χ3n) is 1.87. The lowest BCUT2D eigenvalue weighted by atomic mass is 10.1. The molecular weight excluding hydrogens is 168 g/mol. The summed E-state index contributed by atoms with van der Waals surface area (Å²) in [5, 5.41) is 4.01. The van der Waals surface area contributed by atoms with Crippen molar-refractivity contribution in [2.45, 2.75) is 19.4 Å². The first-order chi connectivity index (χ1) is 6.13. The van der Waals surface area contributed by atoms with Gasteiger partial charge in [-0.25, -0.2) is 0 Å². The smallest absolute Gasteiger partial charge is 0.185 e. The zero-order chi connectivity index (χ0) is 9.84. The van der Waals surface area contributed by atoms with Gasteiger partial charge in [-0.2, -0.15) is 5.10 Å². The summed E-state index contributed by atoms with van der Waals surface area (Å²) < 4.78 is 6.61. The minimum atomic E-state index is -0.0468. The Morgan fingerprint density at radius 2 is 2.46 bits per heavy atom. The Kier molecular flexibility index (Phi) is 3.19. The number of aryl methyl sites for hydroxylation is 1. The largest absolute Gasteiger partial charge is 0.381 e. The van der Waals surface area contributed by atoms with Crippen LogP contribution in [0.1, 0.15) is 23.8 Å². The zero-order valence-corrected chi connectivity index (χ0v) is 8.15. The van der Waals surface area contributed by atoms with Gasteiger partial charge in [0.25, 0.3) is 0 Å². The Labute approximate surface area is 77.5 Å². The van der Waals surface area contributed by atoms with Gasteiger partial charge in [-0.3, -0.25) is 9.48 Å². The fraction of sp³-hybridized carbons (Fsp3) is 0.556. The molecule has 1 atom stereocenters. The fourth-order valence-corrected chi connectivity index (χ4v) is 1.01. The van der Waals surface area contributed by atoms with Crippen LogP contribution in [0.15, 0.2) is 12.3 Å². The number of ketones is 1. The van der Waals surface area contributed by atoms with Crippen LogP contribution in [0.5, 0.6) is 0 Å². The van der Waals surface area contributed by atoms with Gasteiger partial charge in [0.1, 0.15) is 5.69 Å². The highest BCUT2D eigenvalue weighted by molar-refractivity contribution is 5.94. The molecule has 1 aromatic heterocycles. The van der Waals surface area contributed by atoms with Crippen molar-refractivity contribution in [3.63, 3.8) is 0 Å². The van der Waals surface area contributed by atoms with Crippen molar-refractivity contribution in [3.05, 3.63) is 18.0 Å². The molecule has 1 heterocycles. The van der Waals surface area contributed by atoms with Gasteiger partial charge >= 0.3 is 0 Å². The van der Waals surface area contributed by atoms with E-state index in [1.165, 1.54) is 0 Å². The number of nitrogens with zero attached hydrogens (tertiary/aromatic N) is 2. The maximum Gasteiger partial charge on any atom is 0.185 e. The second-order valence-corrected chi connectivity index (χ2v) is 3.05. The lowest BCUT2D eigenvalue weighted by Crippen LogP contribution is -2.13. The Morgan fingerprint density at radius 3 is 2.92 bits per heavy atom. The van der Waals surface area contributed by atoms with Crippen LogP contribution in [-0.2, 0) is 11.8 Å². The van der Waals surface area contributed by atoms with E-state index < -0.39 is 0 Å². The van der Waals surface area contributed by atoms with Crippen LogP contribution in [0, 0.1) is 0 Å². The number of aromatic nitrogens is 2. The lowest BCUT2D eigenvalue weighted by molar-refractivity contribution is 0.0787. The van der Waals surface area contributed by atoms with Gasteiger partial charge in [0.2, 0.25) is 0 Å². The number of carbonyl (C=O) groups excluding carboxylic acids is 1. The summed E-state index contributed by atoms with van der Waals surface area (Å²) in [6.07, 6.45) is 2.09. The normalized spacial score (nSPS) is 12.8. The molecule has 0 N–H and O–H groups in total. The lowest BCUT2D eigenvalue weighted by Gasteiger charge is -2.05. The number of ether oxygens (including phenoxy) is 1. The predicted molar refractivity (Wildman–Crippen MR) is 48.6 cm³/mol. The molecule has 0 aliphatic rings. The van der Waals surface area contributed by atoms with E-state index in [1.54, 1.807) is 31.1 Å². The molecule has 0 bridgehead atoms. The molecule has 0 amide bonds. The number of hydrogen-bond donors (Lipinski definition) is 0. The topological polar surface area (TPSA) is 44.1 Å². The molecule has 1 aromatic rings. The van der Waals surface area contributed by atoms with E-state index in [1.807, 2.05) is 6.92 Å². The molecule has 0 saturated heterocycles. The van der Waals surface area contributed by atoms with Gasteiger partial charge in [-0.05, 0) is 13.0 Å². The minimum absolute atomic E-state index is 0.0231. The van der Waals surface area contributed by atoms with Crippen LogP contribution in [0.25, 0.3) is 0 Å². The second-order valence-electron chi connectivity index (χ2n) is 3.05. The van der Waals surface area contributed by atoms with E-state index in [2.05, 4.69) is 5.10 Å². The summed E-state index contributed by atoms with van der Waals surface area (Å²) in [6, 6.07) is 1.71. The Morgan fingerprint density at radius 1 is 1.77 bits per heavy atom. The van der Waals surface area contributed by atoms with Crippen LogP contribution in [-0.4, -0.2) is 28.8 Å². The van der Waals surface area contributed by atoms with Crippen LogP contribution in [0.2, 0.25) is 0 Å². The van der Waals surface area contributed by atoms with E-state index in [4.69, 9.17) is 4.74 Å². The maximum absolute atomic E-state index is 11.5. The molecule has 0 aromatic carbocycles. The highest BCUT2D eigenvalue weighted by atomic mass is 16.5. The Hall–Kier alpha value is -1.16. The molecule has 0 aliphatic heterocycles. The highest BCUT2D eigenvalue weighted by Crippen LogP contribution is 2.04. The van der Waals surface area contributed by atoms with Crippen molar-refractivity contribution in [3.8, 4) is 0 Å². The molecule has 0 aliphatic carbocycles. The van der Waals surface area contributed by atoms with Crippen molar-refractivity contribution in [2.75, 3.05) is 7.11 Å². The van der Waals surface area contributed by atoms with E-state index in [9.17, 15) is 4.79 Å². The number of carbonyl (C=O) groups is 1. The standard InChI is InChI=1S/C9H14N2O2/c1-7(13-3)6-9(12)8-4-5-11(2)10-8/h4-5,7H,6H2,1-3H3. The molecule has 0 spiro atoms. The zero-order valence-electron chi connectivity index (χ0n) is 8.15. The molecule has 72 valence electrons. The van der Waals surface area contributed by atoms with Gasteiger partial charge in [0, 0.05) is 26.8 Å². The van der Waals surface area contributed by atoms with Gasteiger partial charge < -0.3 is 4.74 Å². The first-order valence-electron chi connectivity index (χ1n) is 4.19. The Balaban J connectivity index is 2.58. The van der Waals surface area contributed by atoms with E-state index in [0.717, 1.165) is 0 Å². The van der Waals surface area contributed by atoms with E-state index in [-0.39, 0.29) is 11.9 Å². The average Bonchev–Trinajstić information content (AvgIpc) is 2.51. The van der Waals surface area contributed by atoms with Crippen LogP contribution >= 0.6 is 0 Å². The second kappa shape index (κ2) is 4.18. The molecule has 0 radical (unpaired) electrons. The van der Waals surface area contributed by atoms with Gasteiger partial charge in [-0.15, -0.1) is 0 Å². The van der Waals surface area contributed by atoms with Crippen LogP contribution in [0.4, 0.5) is 0 Å². The molecule has 4 nitrogen and oxygen atoms in total. The molecule has 0 saturated carbocycles. The van der Waals surface area contributed by atoms with Gasteiger partial charge in [0.15, 0.2) is 5.78 Å². The third-order valence-corrected chi connectivity index (χ3v) is 1.87. The summed E-state index contributed by atoms with van der Waals surface area (Å²) in [4.78, 5) is 11.5. The summed E-state index contributed by atoms with van der Waals surface area (Å²) in [7, 11) is 3.38. The molecule has 1 unspecified atom stereocenters. The summed E-state index contributed by atoms with van der Waals surface area (Å²) in [5.41, 5.74) is 0.506. The maximum atomic E-state index is 11.5. The number of methoxy groups -OCH3 is 1. The Bertz CT molecular complexity index is 294. The number of hydrogen-bond acceptors (Lipinski definition) is 3. The van der Waals surface area contributed by atoms with Crippen molar-refractivity contribution in [1.29, 1.82) is 0 Å². The van der Waals surface area contributed by atoms with Crippen molar-refractivity contribution in [2.24, 2.45) is 7.05 Å². The SMILES string of the molecule is COC(C)CC(=O)c1ccn(C)n1. The first-order valence-corrected chi connectivity index (χ1v) is 4.19. The minimum Gasteiger partial charge on any atom is -0.381 e. The summed E-state index contributed by atoms with van der Waals surface area (Å²) in [5.74, 6) is 0.0231. The van der Waals surface area contributed by atoms with Gasteiger partial charge in [0.05, 0.1) is 6.10 Å². The van der Waals surface area contributed by atoms with Crippen molar-refractivity contribution >= 4 is 5.78 Å². The van der Waals surface area contributed by atoms with Crippen molar-refractivity contribution in [1.82, 2.24) is 9.78 Å². The number of Topliss-reactive ketones (excluding diaryl/α,β-unsaturated/α-hetero) is 1. The van der Waals surface area contributed by atoms with E-state index >= 15 is 0 Å². The first kappa shape index (κ1) is 9.92. The quantitative estimate of drug-likeness (QED) is 0.653. The monoisotopic (exact) mass is 182 g/mol. The molecule has 0 fully saturated rings. The van der Waals surface area contributed by atoms with Gasteiger partial charge in [-0.1, -0.05) is 0 Å². The molecular formula is C9H14N2O2. The third kappa shape index (κ3) is 2.66. The summed E-state index contributed by atoms with van der Waals surface area (Å²) in [6.45, 7) is 1.86. The molecule has 13 heavy (non-hydrogen) atoms. The number of rotatable bonds is 4. The van der Waals surface area contributed by atoms with Crippen LogP contribution < -0.4 is 0 Å². The predicted octanol–water partition coefficient (Wildman–Crippen LogP) is 1.03. The molecule has 1 rings (SSSR count). The van der Waals surface area contributed by atoms with Crippen LogP contribution in [0.3, 0.4) is 0 Å². The fourth-order valence-electron chi connectivity index (χ4n) is 1.01. The average molecular weight is 182 g/mol. The van der Waals surface area contributed by atoms with E-state index in [0.29, 0.717) is 12.1 Å².